The predicted molar refractivity (Wildman–Crippen MR) is 99.4 cm³/mol. The molecule has 1 aliphatic carbocycles. The molecule has 4 heteroatoms. The zero-order valence-corrected chi connectivity index (χ0v) is 15.1. The van der Waals surface area contributed by atoms with Crippen molar-refractivity contribution in [1.29, 1.82) is 0 Å². The van der Waals surface area contributed by atoms with E-state index < -0.39 is 0 Å². The molecule has 2 fully saturated rings. The van der Waals surface area contributed by atoms with Gasteiger partial charge in [0, 0.05) is 37.9 Å². The Hall–Kier alpha value is -1.39. The molecular weight excluding hydrogens is 298 g/mol. The first kappa shape index (κ1) is 17.4. The number of hydrogen-bond donors (Lipinski definition) is 1. The zero-order valence-electron chi connectivity index (χ0n) is 15.1. The molecule has 0 radical (unpaired) electrons. The summed E-state index contributed by atoms with van der Waals surface area (Å²) < 4.78 is 0. The average Bonchev–Trinajstić information content (AvgIpc) is 3.10. The smallest absolute Gasteiger partial charge is 0.238 e. The lowest BCUT2D eigenvalue weighted by Crippen LogP contribution is -2.51. The van der Waals surface area contributed by atoms with E-state index in [4.69, 9.17) is 0 Å². The van der Waals surface area contributed by atoms with Gasteiger partial charge < -0.3 is 5.32 Å². The second kappa shape index (κ2) is 8.13. The van der Waals surface area contributed by atoms with Crippen LogP contribution in [0.4, 0.5) is 5.69 Å². The number of piperazine rings is 1. The molecule has 1 saturated heterocycles. The molecular formula is C20H31N3O. The van der Waals surface area contributed by atoms with Crippen LogP contribution in [0.25, 0.3) is 0 Å². The molecule has 1 heterocycles. The normalized spacial score (nSPS) is 20.6. The van der Waals surface area contributed by atoms with E-state index in [2.05, 4.69) is 41.1 Å². The molecule has 1 aromatic rings. The van der Waals surface area contributed by atoms with Crippen molar-refractivity contribution in [2.45, 2.75) is 51.5 Å². The fourth-order valence-electron chi connectivity index (χ4n) is 3.94. The molecule has 0 aromatic heterocycles. The van der Waals surface area contributed by atoms with Gasteiger partial charge in [0.2, 0.25) is 5.91 Å². The van der Waals surface area contributed by atoms with E-state index >= 15 is 0 Å². The lowest BCUT2D eigenvalue weighted by atomic mass is 10.0. The topological polar surface area (TPSA) is 35.6 Å². The number of hydrogen-bond acceptors (Lipinski definition) is 3. The molecule has 0 atom stereocenters. The van der Waals surface area contributed by atoms with Crippen molar-refractivity contribution < 1.29 is 4.79 Å². The minimum Gasteiger partial charge on any atom is -0.325 e. The van der Waals surface area contributed by atoms with Gasteiger partial charge in [0.15, 0.2) is 0 Å². The van der Waals surface area contributed by atoms with Crippen molar-refractivity contribution >= 4 is 11.6 Å². The van der Waals surface area contributed by atoms with Crippen LogP contribution in [0.5, 0.6) is 0 Å². The first-order valence-electron chi connectivity index (χ1n) is 9.48. The minimum atomic E-state index is 0.102. The third kappa shape index (κ3) is 4.58. The van der Waals surface area contributed by atoms with Crippen molar-refractivity contribution in [3.63, 3.8) is 0 Å². The molecule has 132 valence electrons. The van der Waals surface area contributed by atoms with Crippen LogP contribution in [0, 0.1) is 0 Å². The summed E-state index contributed by atoms with van der Waals surface area (Å²) in [6, 6.07) is 9.00. The molecule has 4 nitrogen and oxygen atoms in total. The highest BCUT2D eigenvalue weighted by atomic mass is 16.2. The van der Waals surface area contributed by atoms with Crippen molar-refractivity contribution in [2.24, 2.45) is 0 Å². The third-order valence-corrected chi connectivity index (χ3v) is 5.45. The summed E-state index contributed by atoms with van der Waals surface area (Å²) in [7, 11) is 0. The molecule has 1 aliphatic heterocycles. The number of anilines is 1. The maximum absolute atomic E-state index is 12.3. The minimum absolute atomic E-state index is 0.102. The highest BCUT2D eigenvalue weighted by Gasteiger charge is 2.26. The van der Waals surface area contributed by atoms with Crippen LogP contribution in [0.1, 0.15) is 51.0 Å². The first-order chi connectivity index (χ1) is 11.6. The number of benzene rings is 1. The molecule has 1 amide bonds. The number of carbonyl (C=O) groups excluding carboxylic acids is 1. The molecule has 1 saturated carbocycles. The van der Waals surface area contributed by atoms with E-state index in [0.717, 1.165) is 37.9 Å². The van der Waals surface area contributed by atoms with Crippen molar-refractivity contribution in [1.82, 2.24) is 9.80 Å². The standard InChI is InChI=1S/C20H31N3O/c1-16(2)17-6-5-7-18(14-17)21-20(24)15-22-10-12-23(13-11-22)19-8-3-4-9-19/h5-7,14,16,19H,3-4,8-13,15H2,1-2H3,(H,21,24). The van der Waals surface area contributed by atoms with Gasteiger partial charge >= 0.3 is 0 Å². The zero-order chi connectivity index (χ0) is 16.9. The summed E-state index contributed by atoms with van der Waals surface area (Å²) in [6.45, 7) is 9.09. The SMILES string of the molecule is CC(C)c1cccc(NC(=O)CN2CCN(C3CCCC3)CC2)c1. The Balaban J connectivity index is 1.45. The molecule has 2 aliphatic rings. The van der Waals surface area contributed by atoms with Gasteiger partial charge in [-0.05, 0) is 36.5 Å². The van der Waals surface area contributed by atoms with Gasteiger partial charge in [-0.15, -0.1) is 0 Å². The predicted octanol–water partition coefficient (Wildman–Crippen LogP) is 3.31. The summed E-state index contributed by atoms with van der Waals surface area (Å²) >= 11 is 0. The number of nitrogens with one attached hydrogen (secondary N) is 1. The fraction of sp³-hybridized carbons (Fsp3) is 0.650. The van der Waals surface area contributed by atoms with Crippen LogP contribution in [-0.4, -0.2) is 54.5 Å². The lowest BCUT2D eigenvalue weighted by Gasteiger charge is -2.37. The van der Waals surface area contributed by atoms with E-state index in [1.54, 1.807) is 0 Å². The third-order valence-electron chi connectivity index (χ3n) is 5.45. The van der Waals surface area contributed by atoms with Crippen LogP contribution in [0.2, 0.25) is 0 Å². The van der Waals surface area contributed by atoms with Crippen molar-refractivity contribution in [3.8, 4) is 0 Å². The molecule has 0 bridgehead atoms. The Bertz CT molecular complexity index is 544. The summed E-state index contributed by atoms with van der Waals surface area (Å²) in [6.07, 6.45) is 5.52. The monoisotopic (exact) mass is 329 g/mol. The Morgan fingerprint density at radius 3 is 2.54 bits per heavy atom. The number of nitrogens with zero attached hydrogens (tertiary/aromatic N) is 2. The first-order valence-corrected chi connectivity index (χ1v) is 9.48. The van der Waals surface area contributed by atoms with Crippen LogP contribution in [-0.2, 0) is 4.79 Å². The van der Waals surface area contributed by atoms with Gasteiger partial charge in [-0.3, -0.25) is 14.6 Å². The Labute approximate surface area is 146 Å². The lowest BCUT2D eigenvalue weighted by molar-refractivity contribution is -0.117. The second-order valence-electron chi connectivity index (χ2n) is 7.58. The quantitative estimate of drug-likeness (QED) is 0.900. The Kier molecular flexibility index (Phi) is 5.90. The number of rotatable bonds is 5. The Morgan fingerprint density at radius 2 is 1.88 bits per heavy atom. The maximum atomic E-state index is 12.3. The fourth-order valence-corrected chi connectivity index (χ4v) is 3.94. The molecule has 1 aromatic carbocycles. The van der Waals surface area contributed by atoms with Gasteiger partial charge in [-0.1, -0.05) is 38.8 Å². The molecule has 0 unspecified atom stereocenters. The van der Waals surface area contributed by atoms with E-state index in [-0.39, 0.29) is 5.91 Å². The second-order valence-corrected chi connectivity index (χ2v) is 7.58. The highest BCUT2D eigenvalue weighted by molar-refractivity contribution is 5.92. The van der Waals surface area contributed by atoms with Crippen LogP contribution < -0.4 is 5.32 Å². The Morgan fingerprint density at radius 1 is 1.17 bits per heavy atom. The molecule has 24 heavy (non-hydrogen) atoms. The van der Waals surface area contributed by atoms with Gasteiger partial charge in [0.25, 0.3) is 0 Å². The average molecular weight is 329 g/mol. The van der Waals surface area contributed by atoms with Gasteiger partial charge in [0.1, 0.15) is 0 Å². The van der Waals surface area contributed by atoms with Crippen LogP contribution in [0.15, 0.2) is 24.3 Å². The largest absolute Gasteiger partial charge is 0.325 e. The molecule has 3 rings (SSSR count). The van der Waals surface area contributed by atoms with Gasteiger partial charge in [-0.2, -0.15) is 0 Å². The van der Waals surface area contributed by atoms with Crippen LogP contribution >= 0.6 is 0 Å². The van der Waals surface area contributed by atoms with Gasteiger partial charge in [-0.25, -0.2) is 0 Å². The van der Waals surface area contributed by atoms with E-state index in [1.165, 1.54) is 31.2 Å². The summed E-state index contributed by atoms with van der Waals surface area (Å²) in [5.41, 5.74) is 2.17. The van der Waals surface area contributed by atoms with Gasteiger partial charge in [0.05, 0.1) is 6.54 Å². The summed E-state index contributed by atoms with van der Waals surface area (Å²) in [5.74, 6) is 0.579. The summed E-state index contributed by atoms with van der Waals surface area (Å²) in [5, 5.41) is 3.06. The summed E-state index contributed by atoms with van der Waals surface area (Å²) in [4.78, 5) is 17.3. The molecule has 1 N–H and O–H groups in total. The van der Waals surface area contributed by atoms with E-state index in [9.17, 15) is 4.79 Å². The van der Waals surface area contributed by atoms with E-state index in [1.807, 2.05) is 12.1 Å². The number of carbonyl (C=O) groups is 1. The molecule has 0 spiro atoms. The maximum Gasteiger partial charge on any atom is 0.238 e. The van der Waals surface area contributed by atoms with Crippen LogP contribution in [0.3, 0.4) is 0 Å². The highest BCUT2D eigenvalue weighted by Crippen LogP contribution is 2.24. The van der Waals surface area contributed by atoms with Crippen molar-refractivity contribution in [2.75, 3.05) is 38.0 Å². The van der Waals surface area contributed by atoms with Crippen molar-refractivity contribution in [3.05, 3.63) is 29.8 Å². The van der Waals surface area contributed by atoms with E-state index in [0.29, 0.717) is 12.5 Å². The number of amides is 1.